The van der Waals surface area contributed by atoms with Gasteiger partial charge in [-0.1, -0.05) is 84.5 Å². The van der Waals surface area contributed by atoms with E-state index in [2.05, 4.69) is 19.2 Å². The van der Waals surface area contributed by atoms with Crippen molar-refractivity contribution in [1.82, 2.24) is 5.32 Å². The molecule has 0 rings (SSSR count). The first-order valence-corrected chi connectivity index (χ1v) is 9.25. The summed E-state index contributed by atoms with van der Waals surface area (Å²) in [6.45, 7) is 5.17. The van der Waals surface area contributed by atoms with Gasteiger partial charge in [0, 0.05) is 6.54 Å². The van der Waals surface area contributed by atoms with Gasteiger partial charge in [-0.25, -0.2) is 0 Å². The second-order valence-electron chi connectivity index (χ2n) is 6.22. The average Bonchev–Trinajstić information content (AvgIpc) is 2.49. The van der Waals surface area contributed by atoms with E-state index in [0.29, 0.717) is 0 Å². The summed E-state index contributed by atoms with van der Waals surface area (Å²) >= 11 is 0. The Balaban J connectivity index is 0. The van der Waals surface area contributed by atoms with Gasteiger partial charge in [-0.3, -0.25) is 4.79 Å². The van der Waals surface area contributed by atoms with E-state index in [1.807, 2.05) is 0 Å². The highest BCUT2D eigenvalue weighted by Gasteiger charge is 2.11. The summed E-state index contributed by atoms with van der Waals surface area (Å²) in [6, 6.07) is -0.312. The molecule has 1 amide bonds. The number of nitrogens with one attached hydrogen (secondary N) is 1. The summed E-state index contributed by atoms with van der Waals surface area (Å²) in [7, 11) is 0. The Morgan fingerprint density at radius 1 is 0.818 bits per heavy atom. The van der Waals surface area contributed by atoms with E-state index in [1.54, 1.807) is 0 Å². The SMILES string of the molecule is CCCCCCCCCCCCNC(=O)[C@@H](N)CCCC.Cl. The van der Waals surface area contributed by atoms with Gasteiger partial charge >= 0.3 is 0 Å². The molecule has 0 aromatic carbocycles. The maximum Gasteiger partial charge on any atom is 0.236 e. The van der Waals surface area contributed by atoms with Crippen molar-refractivity contribution in [2.45, 2.75) is 103 Å². The molecule has 1 atom stereocenters. The minimum atomic E-state index is -0.312. The second-order valence-corrected chi connectivity index (χ2v) is 6.22. The van der Waals surface area contributed by atoms with Gasteiger partial charge in [0.15, 0.2) is 0 Å². The molecule has 3 nitrogen and oxygen atoms in total. The summed E-state index contributed by atoms with van der Waals surface area (Å²) in [5.41, 5.74) is 5.82. The number of nitrogens with two attached hydrogens (primary N) is 1. The smallest absolute Gasteiger partial charge is 0.236 e. The number of unbranched alkanes of at least 4 members (excludes halogenated alkanes) is 10. The van der Waals surface area contributed by atoms with Crippen molar-refractivity contribution in [3.05, 3.63) is 0 Å². The molecule has 0 spiro atoms. The van der Waals surface area contributed by atoms with E-state index < -0.39 is 0 Å². The Morgan fingerprint density at radius 3 is 1.77 bits per heavy atom. The number of rotatable bonds is 15. The molecule has 4 heteroatoms. The molecule has 0 aromatic heterocycles. The van der Waals surface area contributed by atoms with Crippen LogP contribution in [0.4, 0.5) is 0 Å². The van der Waals surface area contributed by atoms with Crippen LogP contribution in [0.2, 0.25) is 0 Å². The molecule has 0 heterocycles. The molecule has 22 heavy (non-hydrogen) atoms. The first kappa shape index (κ1) is 24.0. The number of hydrogen-bond donors (Lipinski definition) is 2. The van der Waals surface area contributed by atoms with Crippen molar-refractivity contribution in [3.8, 4) is 0 Å². The first-order chi connectivity index (χ1) is 10.2. The van der Waals surface area contributed by atoms with E-state index >= 15 is 0 Å². The summed E-state index contributed by atoms with van der Waals surface area (Å²) in [5, 5.41) is 2.95. The van der Waals surface area contributed by atoms with E-state index in [1.165, 1.54) is 57.8 Å². The molecule has 0 saturated carbocycles. The maximum absolute atomic E-state index is 11.7. The number of halogens is 1. The van der Waals surface area contributed by atoms with Crippen LogP contribution in [-0.2, 0) is 4.79 Å². The topological polar surface area (TPSA) is 55.1 Å². The van der Waals surface area contributed by atoms with Crippen molar-refractivity contribution in [2.75, 3.05) is 6.54 Å². The normalized spacial score (nSPS) is 11.8. The Labute approximate surface area is 144 Å². The average molecular weight is 335 g/mol. The summed E-state index contributed by atoms with van der Waals surface area (Å²) in [4.78, 5) is 11.7. The Kier molecular flexibility index (Phi) is 20.5. The van der Waals surface area contributed by atoms with Crippen molar-refractivity contribution < 1.29 is 4.79 Å². The molecule has 0 unspecified atom stereocenters. The number of hydrogen-bond acceptors (Lipinski definition) is 2. The molecule has 0 aliphatic rings. The van der Waals surface area contributed by atoms with Crippen molar-refractivity contribution in [1.29, 1.82) is 0 Å². The Hall–Kier alpha value is -0.280. The highest BCUT2D eigenvalue weighted by atomic mass is 35.5. The zero-order valence-electron chi connectivity index (χ0n) is 14.9. The van der Waals surface area contributed by atoms with Crippen LogP contribution in [0, 0.1) is 0 Å². The molecular weight excluding hydrogens is 296 g/mol. The van der Waals surface area contributed by atoms with E-state index in [0.717, 1.165) is 32.2 Å². The molecular formula is C18H39ClN2O. The fourth-order valence-corrected chi connectivity index (χ4v) is 2.51. The lowest BCUT2D eigenvalue weighted by atomic mass is 10.1. The predicted octanol–water partition coefficient (Wildman–Crippen LogP) is 4.96. The lowest BCUT2D eigenvalue weighted by Crippen LogP contribution is -2.40. The maximum atomic E-state index is 11.7. The summed E-state index contributed by atoms with van der Waals surface area (Å²) < 4.78 is 0. The van der Waals surface area contributed by atoms with Crippen LogP contribution < -0.4 is 11.1 Å². The van der Waals surface area contributed by atoms with Crippen LogP contribution in [0.25, 0.3) is 0 Å². The van der Waals surface area contributed by atoms with Gasteiger partial charge in [0.05, 0.1) is 6.04 Å². The van der Waals surface area contributed by atoms with Crippen molar-refractivity contribution in [3.63, 3.8) is 0 Å². The van der Waals surface area contributed by atoms with Crippen LogP contribution in [-0.4, -0.2) is 18.5 Å². The van der Waals surface area contributed by atoms with E-state index in [4.69, 9.17) is 5.73 Å². The van der Waals surface area contributed by atoms with Gasteiger partial charge in [-0.2, -0.15) is 0 Å². The molecule has 0 aliphatic carbocycles. The lowest BCUT2D eigenvalue weighted by molar-refractivity contribution is -0.122. The zero-order chi connectivity index (χ0) is 15.8. The van der Waals surface area contributed by atoms with Gasteiger partial charge in [0.1, 0.15) is 0 Å². The van der Waals surface area contributed by atoms with Gasteiger partial charge in [-0.05, 0) is 12.8 Å². The molecule has 134 valence electrons. The fourth-order valence-electron chi connectivity index (χ4n) is 2.51. The van der Waals surface area contributed by atoms with Crippen LogP contribution in [0.15, 0.2) is 0 Å². The molecule has 0 aromatic rings. The third-order valence-electron chi connectivity index (χ3n) is 4.04. The number of carbonyl (C=O) groups is 1. The third-order valence-corrected chi connectivity index (χ3v) is 4.04. The third kappa shape index (κ3) is 16.1. The zero-order valence-corrected chi connectivity index (χ0v) is 15.7. The highest BCUT2D eigenvalue weighted by molar-refractivity contribution is 5.85. The van der Waals surface area contributed by atoms with Crippen molar-refractivity contribution >= 4 is 18.3 Å². The fraction of sp³-hybridized carbons (Fsp3) is 0.944. The quantitative estimate of drug-likeness (QED) is 0.416. The van der Waals surface area contributed by atoms with Gasteiger partial charge in [0.2, 0.25) is 5.91 Å². The van der Waals surface area contributed by atoms with E-state index in [-0.39, 0.29) is 24.4 Å². The molecule has 0 fully saturated rings. The molecule has 0 aliphatic heterocycles. The van der Waals surface area contributed by atoms with Gasteiger partial charge in [-0.15, -0.1) is 12.4 Å². The first-order valence-electron chi connectivity index (χ1n) is 9.25. The highest BCUT2D eigenvalue weighted by Crippen LogP contribution is 2.10. The minimum absolute atomic E-state index is 0. The van der Waals surface area contributed by atoms with Crippen LogP contribution in [0.1, 0.15) is 97.3 Å². The molecule has 0 bridgehead atoms. The Bertz CT molecular complexity index is 237. The van der Waals surface area contributed by atoms with Gasteiger partial charge in [0.25, 0.3) is 0 Å². The van der Waals surface area contributed by atoms with Gasteiger partial charge < -0.3 is 11.1 Å². The minimum Gasteiger partial charge on any atom is -0.355 e. The number of carbonyl (C=O) groups excluding carboxylic acids is 1. The molecule has 3 N–H and O–H groups in total. The van der Waals surface area contributed by atoms with Crippen LogP contribution in [0.3, 0.4) is 0 Å². The summed E-state index contributed by atoms with van der Waals surface area (Å²) in [5.74, 6) is 0.0272. The van der Waals surface area contributed by atoms with Crippen LogP contribution in [0.5, 0.6) is 0 Å². The molecule has 0 saturated heterocycles. The standard InChI is InChI=1S/C18H38N2O.ClH/c1-3-5-7-8-9-10-11-12-13-14-16-20-18(21)17(19)15-6-4-2;/h17H,3-16,19H2,1-2H3,(H,20,21);1H/t17-;/m0./s1. The van der Waals surface area contributed by atoms with Crippen molar-refractivity contribution in [2.24, 2.45) is 5.73 Å². The Morgan fingerprint density at radius 2 is 1.27 bits per heavy atom. The predicted molar refractivity (Wildman–Crippen MR) is 99.6 cm³/mol. The van der Waals surface area contributed by atoms with E-state index in [9.17, 15) is 4.79 Å². The largest absolute Gasteiger partial charge is 0.355 e. The number of amides is 1. The monoisotopic (exact) mass is 334 g/mol. The molecule has 0 radical (unpaired) electrons. The lowest BCUT2D eigenvalue weighted by Gasteiger charge is -2.11. The summed E-state index contributed by atoms with van der Waals surface area (Å²) in [6.07, 6.45) is 16.2. The van der Waals surface area contributed by atoms with Crippen LogP contribution >= 0.6 is 12.4 Å². The second kappa shape index (κ2) is 18.8.